The van der Waals surface area contributed by atoms with E-state index in [4.69, 9.17) is 22.4 Å². The SMILES string of the molecule is [C-]#[N+]/C(C#N)=c1\nc2c(F)c(F)c3c(c(F)c(F)c4c5sc(=C(C#N)C#N)nc5c(F)c(F)c43)c2s1. The lowest BCUT2D eigenvalue weighted by Crippen LogP contribution is -2.02. The van der Waals surface area contributed by atoms with Crippen molar-refractivity contribution in [1.29, 1.82) is 15.8 Å². The normalized spacial score (nSPS) is 11.9. The lowest BCUT2D eigenvalue weighted by Gasteiger charge is -2.12. The predicted octanol–water partition coefficient (Wildman–Crippen LogP) is 4.80. The molecule has 36 heavy (non-hydrogen) atoms. The van der Waals surface area contributed by atoms with Crippen LogP contribution in [0.3, 0.4) is 0 Å². The average Bonchev–Trinajstić information content (AvgIpc) is 3.50. The number of aromatic nitrogens is 2. The van der Waals surface area contributed by atoms with E-state index in [0.29, 0.717) is 22.7 Å². The van der Waals surface area contributed by atoms with Gasteiger partial charge >= 0.3 is 0 Å². The third-order valence-corrected chi connectivity index (χ3v) is 7.36. The van der Waals surface area contributed by atoms with Crippen molar-refractivity contribution in [3.63, 3.8) is 0 Å². The predicted molar refractivity (Wildman–Crippen MR) is 117 cm³/mol. The van der Waals surface area contributed by atoms with Gasteiger partial charge in [-0.1, -0.05) is 0 Å². The Bertz CT molecular complexity index is 1980. The zero-order valence-electron chi connectivity index (χ0n) is 16.8. The molecule has 3 aromatic carbocycles. The van der Waals surface area contributed by atoms with Crippen LogP contribution in [-0.4, -0.2) is 9.97 Å². The van der Waals surface area contributed by atoms with Crippen LogP contribution >= 0.6 is 22.7 Å². The highest BCUT2D eigenvalue weighted by Crippen LogP contribution is 2.44. The quantitative estimate of drug-likeness (QED) is 0.164. The first-order chi connectivity index (χ1) is 17.2. The van der Waals surface area contributed by atoms with Crippen molar-refractivity contribution < 1.29 is 26.3 Å². The van der Waals surface area contributed by atoms with Crippen LogP contribution in [0.25, 0.3) is 58.1 Å². The topological polar surface area (TPSA) is 102 Å². The van der Waals surface area contributed by atoms with Crippen molar-refractivity contribution >= 4 is 75.9 Å². The van der Waals surface area contributed by atoms with E-state index in [1.807, 2.05) is 0 Å². The molecule has 0 unspecified atom stereocenters. The molecule has 2 aromatic heterocycles. The molecule has 0 N–H and O–H groups in total. The second kappa shape index (κ2) is 7.89. The third kappa shape index (κ3) is 2.80. The molecule has 0 aliphatic heterocycles. The van der Waals surface area contributed by atoms with Crippen LogP contribution in [0.2, 0.25) is 0 Å². The summed E-state index contributed by atoms with van der Waals surface area (Å²) in [4.78, 5) is 10.2. The second-order valence-electron chi connectivity index (χ2n) is 6.95. The number of nitrogens with zero attached hydrogens (tertiary/aromatic N) is 6. The van der Waals surface area contributed by atoms with E-state index in [1.165, 1.54) is 18.2 Å². The van der Waals surface area contributed by atoms with Crippen molar-refractivity contribution in [2.45, 2.75) is 0 Å². The molecule has 0 radical (unpaired) electrons. The van der Waals surface area contributed by atoms with Gasteiger partial charge in [0.15, 0.2) is 40.5 Å². The second-order valence-corrected chi connectivity index (χ2v) is 8.95. The fraction of sp³-hybridized carbons (Fsp3) is 0. The molecule has 172 valence electrons. The highest BCUT2D eigenvalue weighted by atomic mass is 32.1. The first kappa shape index (κ1) is 23.0. The summed E-state index contributed by atoms with van der Waals surface area (Å²) in [6.45, 7) is 6.99. The number of hydrogen-bond acceptors (Lipinski definition) is 7. The molecule has 14 heteroatoms. The van der Waals surface area contributed by atoms with Gasteiger partial charge in [-0.3, -0.25) is 0 Å². The molecule has 0 saturated carbocycles. The average molecular weight is 526 g/mol. The third-order valence-electron chi connectivity index (χ3n) is 5.19. The van der Waals surface area contributed by atoms with Gasteiger partial charge in [0.25, 0.3) is 5.70 Å². The van der Waals surface area contributed by atoms with Gasteiger partial charge in [0.05, 0.1) is 22.0 Å². The summed E-state index contributed by atoms with van der Waals surface area (Å²) in [5.41, 5.74) is -2.93. The zero-order valence-corrected chi connectivity index (χ0v) is 18.4. The Kier molecular flexibility index (Phi) is 5.04. The minimum atomic E-state index is -1.87. The fourth-order valence-electron chi connectivity index (χ4n) is 3.71. The van der Waals surface area contributed by atoms with Gasteiger partial charge in [0, 0.05) is 21.5 Å². The van der Waals surface area contributed by atoms with Gasteiger partial charge < -0.3 is 0 Å². The van der Waals surface area contributed by atoms with Crippen LogP contribution in [-0.2, 0) is 0 Å². The zero-order chi connectivity index (χ0) is 26.0. The molecule has 0 spiro atoms. The first-order valence-corrected chi connectivity index (χ1v) is 10.8. The summed E-state index contributed by atoms with van der Waals surface area (Å²) in [5.74, 6) is -10.7. The van der Waals surface area contributed by atoms with Crippen LogP contribution in [0.1, 0.15) is 0 Å². The van der Waals surface area contributed by atoms with Gasteiger partial charge in [0.1, 0.15) is 32.5 Å². The van der Waals surface area contributed by atoms with Gasteiger partial charge in [0.2, 0.25) is 0 Å². The molecule has 0 aliphatic carbocycles. The standard InChI is InChI=1S/C22F6N6S2/c1-32-6(4-31)22-34-18-16(28)12(24)8-7-9(13(25)14(26)10(8)20(18)36-22)19-17(15(27)11(7)23)33-21(35-19)5(2-29)3-30/b22-6+. The Morgan fingerprint density at radius 2 is 1.06 bits per heavy atom. The lowest BCUT2D eigenvalue weighted by molar-refractivity contribution is 0.511. The van der Waals surface area contributed by atoms with Crippen LogP contribution in [0.5, 0.6) is 0 Å². The maximum Gasteiger partial charge on any atom is 0.296 e. The molecule has 0 saturated heterocycles. The number of rotatable bonds is 0. The van der Waals surface area contributed by atoms with Crippen molar-refractivity contribution in [1.82, 2.24) is 9.97 Å². The van der Waals surface area contributed by atoms with Crippen molar-refractivity contribution in [3.8, 4) is 18.2 Å². The Morgan fingerprint density at radius 1 is 0.639 bits per heavy atom. The lowest BCUT2D eigenvalue weighted by atomic mass is 9.98. The van der Waals surface area contributed by atoms with E-state index in [2.05, 4.69) is 14.8 Å². The minimum Gasteiger partial charge on any atom is -0.244 e. The van der Waals surface area contributed by atoms with Crippen LogP contribution in [0.4, 0.5) is 26.3 Å². The molecular weight excluding hydrogens is 526 g/mol. The highest BCUT2D eigenvalue weighted by molar-refractivity contribution is 7.18. The van der Waals surface area contributed by atoms with Crippen molar-refractivity contribution in [2.75, 3.05) is 0 Å². The smallest absolute Gasteiger partial charge is 0.244 e. The molecule has 0 atom stereocenters. The molecule has 6 nitrogen and oxygen atoms in total. The molecule has 0 fully saturated rings. The number of hydrogen-bond donors (Lipinski definition) is 0. The summed E-state index contributed by atoms with van der Waals surface area (Å²) in [6, 6.07) is 4.45. The van der Waals surface area contributed by atoms with Crippen molar-refractivity contribution in [3.05, 3.63) is 55.6 Å². The number of benzene rings is 3. The maximum absolute atomic E-state index is 15.4. The van der Waals surface area contributed by atoms with Gasteiger partial charge in [-0.15, -0.1) is 22.7 Å². The van der Waals surface area contributed by atoms with Crippen LogP contribution in [0.15, 0.2) is 0 Å². The van der Waals surface area contributed by atoms with Gasteiger partial charge in [-0.2, -0.15) is 10.5 Å². The molecule has 0 bridgehead atoms. The summed E-state index contributed by atoms with van der Waals surface area (Å²) in [5, 5.41) is 22.9. The summed E-state index contributed by atoms with van der Waals surface area (Å²) in [6.07, 6.45) is 0. The first-order valence-electron chi connectivity index (χ1n) is 9.21. The Hall–Kier alpha value is -4.76. The summed E-state index contributed by atoms with van der Waals surface area (Å²) < 4.78 is 89.5. The fourth-order valence-corrected chi connectivity index (χ4v) is 5.80. The molecule has 0 amide bonds. The monoisotopic (exact) mass is 526 g/mol. The largest absolute Gasteiger partial charge is 0.296 e. The Morgan fingerprint density at radius 3 is 1.47 bits per heavy atom. The number of halogens is 6. The summed E-state index contributed by atoms with van der Waals surface area (Å²) >= 11 is 0.728. The maximum atomic E-state index is 15.4. The molecule has 5 rings (SSSR count). The van der Waals surface area contributed by atoms with Gasteiger partial charge in [-0.25, -0.2) is 46.4 Å². The van der Waals surface area contributed by atoms with Crippen LogP contribution in [0, 0.1) is 75.5 Å². The Balaban J connectivity index is 2.18. The number of thiazole rings is 2. The summed E-state index contributed by atoms with van der Waals surface area (Å²) in [7, 11) is 0. The van der Waals surface area contributed by atoms with Crippen LogP contribution < -0.4 is 9.33 Å². The van der Waals surface area contributed by atoms with E-state index in [-0.39, 0.29) is 0 Å². The van der Waals surface area contributed by atoms with Gasteiger partial charge in [-0.05, 0) is 0 Å². The molecule has 5 aromatic rings. The van der Waals surface area contributed by atoms with E-state index in [0.717, 1.165) is 0 Å². The molecule has 2 heterocycles. The van der Waals surface area contributed by atoms with E-state index in [1.54, 1.807) is 0 Å². The van der Waals surface area contributed by atoms with E-state index in [9.17, 15) is 0 Å². The van der Waals surface area contributed by atoms with E-state index < -0.39 is 97.5 Å². The molecular formula is C22F6N6S2. The van der Waals surface area contributed by atoms with E-state index >= 15 is 26.3 Å². The van der Waals surface area contributed by atoms with Crippen molar-refractivity contribution in [2.24, 2.45) is 0 Å². The number of nitriles is 3. The number of fused-ring (bicyclic) bond motifs is 7. The minimum absolute atomic E-state index is 0.361. The molecule has 0 aliphatic rings. The Labute approximate surface area is 201 Å². The highest BCUT2D eigenvalue weighted by Gasteiger charge is 2.31.